The quantitative estimate of drug-likeness (QED) is 0.231. The van der Waals surface area contributed by atoms with Crippen molar-refractivity contribution in [3.05, 3.63) is 20.4 Å². The van der Waals surface area contributed by atoms with Gasteiger partial charge >= 0.3 is 13.7 Å². The third-order valence-corrected chi connectivity index (χ3v) is 6.32. The minimum Gasteiger partial charge on any atom is -0.488 e. The lowest BCUT2D eigenvalue weighted by molar-refractivity contribution is 0.0527. The fourth-order valence-electron chi connectivity index (χ4n) is 2.99. The molecule has 0 atom stereocenters. The molecule has 32 heavy (non-hydrogen) atoms. The van der Waals surface area contributed by atoms with Crippen molar-refractivity contribution in [3.8, 4) is 5.75 Å². The van der Waals surface area contributed by atoms with Crippen molar-refractivity contribution in [2.75, 3.05) is 50.5 Å². The molecule has 0 aliphatic rings. The molecule has 0 unspecified atom stereocenters. The van der Waals surface area contributed by atoms with Crippen molar-refractivity contribution in [2.45, 2.75) is 60.0 Å². The molecule has 1 aromatic rings. The molecule has 1 amide bonds. The van der Waals surface area contributed by atoms with Gasteiger partial charge in [-0.25, -0.2) is 4.79 Å². The number of nitrogens with zero attached hydrogens (tertiary/aromatic N) is 1. The first-order valence-corrected chi connectivity index (χ1v) is 12.8. The van der Waals surface area contributed by atoms with Crippen molar-refractivity contribution in [3.63, 3.8) is 0 Å². The molecule has 0 bridgehead atoms. The summed E-state index contributed by atoms with van der Waals surface area (Å²) in [6, 6.07) is 0. The van der Waals surface area contributed by atoms with Crippen molar-refractivity contribution in [1.29, 1.82) is 0 Å². The molecular weight excluding hydrogens is 439 g/mol. The maximum absolute atomic E-state index is 12.8. The van der Waals surface area contributed by atoms with Crippen LogP contribution in [-0.2, 0) is 18.3 Å². The smallest absolute Gasteiger partial charge is 0.407 e. The second-order valence-electron chi connectivity index (χ2n) is 8.06. The van der Waals surface area contributed by atoms with Crippen LogP contribution < -0.4 is 25.8 Å². The first-order chi connectivity index (χ1) is 15.0. The molecule has 184 valence electrons. The molecule has 0 aliphatic heterocycles. The van der Waals surface area contributed by atoms with Crippen molar-refractivity contribution in [1.82, 2.24) is 5.32 Å². The molecule has 1 rings (SSSR count). The minimum atomic E-state index is -3.32. The van der Waals surface area contributed by atoms with Crippen LogP contribution in [-0.4, -0.2) is 57.3 Å². The van der Waals surface area contributed by atoms with Gasteiger partial charge in [-0.2, -0.15) is 0 Å². The molecule has 1 aromatic carbocycles. The van der Waals surface area contributed by atoms with Gasteiger partial charge in [0.05, 0.1) is 26.0 Å². The third kappa shape index (κ3) is 8.92. The highest BCUT2D eigenvalue weighted by Crippen LogP contribution is 2.48. The number of ether oxygens (including phenoxy) is 2. The summed E-state index contributed by atoms with van der Waals surface area (Å²) in [5.41, 5.74) is -1.66. The number of carbonyl (C=O) groups excluding carboxylic acids is 1. The van der Waals surface area contributed by atoms with Gasteiger partial charge in [0, 0.05) is 19.6 Å². The summed E-state index contributed by atoms with van der Waals surface area (Å²) in [6.07, 6.45) is 0.789. The van der Waals surface area contributed by atoms with Gasteiger partial charge in [-0.05, 0) is 54.4 Å². The van der Waals surface area contributed by atoms with Crippen LogP contribution >= 0.6 is 7.60 Å². The monoisotopic (exact) mass is 476 g/mol. The van der Waals surface area contributed by atoms with Gasteiger partial charge in [0.1, 0.15) is 11.3 Å². The molecule has 0 fully saturated rings. The normalized spacial score (nSPS) is 12.1. The average Bonchev–Trinajstić information content (AvgIpc) is 2.69. The zero-order valence-corrected chi connectivity index (χ0v) is 20.9. The van der Waals surface area contributed by atoms with E-state index in [1.807, 2.05) is 0 Å². The predicted molar refractivity (Wildman–Crippen MR) is 124 cm³/mol. The van der Waals surface area contributed by atoms with Crippen LogP contribution in [0.3, 0.4) is 0 Å². The average molecular weight is 477 g/mol. The Labute approximate surface area is 189 Å². The maximum Gasteiger partial charge on any atom is 0.407 e. The summed E-state index contributed by atoms with van der Waals surface area (Å²) >= 11 is 0. The van der Waals surface area contributed by atoms with Crippen LogP contribution in [0.4, 0.5) is 10.5 Å². The zero-order valence-electron chi connectivity index (χ0n) is 20.0. The second-order valence-corrected chi connectivity index (χ2v) is 10.2. The molecule has 0 heterocycles. The number of hydrogen-bond acceptors (Lipinski definition) is 9. The summed E-state index contributed by atoms with van der Waals surface area (Å²) in [6.45, 7) is 12.3. The van der Waals surface area contributed by atoms with E-state index in [2.05, 4.69) is 5.32 Å². The number of carbonyl (C=O) groups is 1. The molecule has 1 N–H and O–H groups in total. The topological polar surface area (TPSA) is 120 Å². The molecule has 0 aromatic heterocycles. The lowest BCUT2D eigenvalue weighted by Crippen LogP contribution is -2.43. The molecular formula is C21H37N2O8P. The van der Waals surface area contributed by atoms with E-state index in [9.17, 15) is 18.9 Å². The lowest BCUT2D eigenvalue weighted by atomic mass is 10.1. The van der Waals surface area contributed by atoms with E-state index in [0.717, 1.165) is 0 Å². The second kappa shape index (κ2) is 13.0. The maximum atomic E-state index is 12.8. The first-order valence-electron chi connectivity index (χ1n) is 11.0. The van der Waals surface area contributed by atoms with Crippen molar-refractivity contribution < 1.29 is 27.9 Å². The van der Waals surface area contributed by atoms with Crippen molar-refractivity contribution in [2.24, 2.45) is 0 Å². The van der Waals surface area contributed by atoms with Crippen LogP contribution in [0.1, 0.15) is 54.4 Å². The van der Waals surface area contributed by atoms with Crippen LogP contribution in [0.25, 0.3) is 0 Å². The van der Waals surface area contributed by atoms with Crippen LogP contribution in [0.5, 0.6) is 5.75 Å². The molecule has 0 saturated heterocycles. The zero-order chi connectivity index (χ0) is 24.4. The van der Waals surface area contributed by atoms with Gasteiger partial charge in [-0.15, -0.1) is 0 Å². The van der Waals surface area contributed by atoms with Crippen LogP contribution in [0.2, 0.25) is 0 Å². The Morgan fingerprint density at radius 1 is 0.969 bits per heavy atom. The highest BCUT2D eigenvalue weighted by molar-refractivity contribution is 7.53. The number of rotatable bonds is 15. The Morgan fingerprint density at radius 2 is 1.59 bits per heavy atom. The van der Waals surface area contributed by atoms with Crippen LogP contribution in [0.15, 0.2) is 9.59 Å². The van der Waals surface area contributed by atoms with E-state index in [0.29, 0.717) is 25.9 Å². The largest absolute Gasteiger partial charge is 0.488 e. The fourth-order valence-corrected chi connectivity index (χ4v) is 4.60. The van der Waals surface area contributed by atoms with Gasteiger partial charge in [0.25, 0.3) is 10.9 Å². The van der Waals surface area contributed by atoms with Crippen molar-refractivity contribution >= 4 is 19.4 Å². The number of amides is 1. The standard InChI is InChI=1S/C21H37N2O8P/c1-7-28-19-16(17(24)18(19)25)23(14-15-32(27,29-8-2)30-9-3)13-11-10-12-22-20(26)31-21(4,5)6/h7-15H2,1-6H3,(H,22,26). The van der Waals surface area contributed by atoms with Gasteiger partial charge < -0.3 is 28.7 Å². The Balaban J connectivity index is 2.79. The number of hydrogen-bond donors (Lipinski definition) is 1. The summed E-state index contributed by atoms with van der Waals surface area (Å²) in [5.74, 6) is 0.0343. The fraction of sp³-hybridized carbons (Fsp3) is 0.762. The Hall–Kier alpha value is -1.90. The van der Waals surface area contributed by atoms with E-state index >= 15 is 0 Å². The van der Waals surface area contributed by atoms with E-state index < -0.39 is 30.1 Å². The number of unbranched alkanes of at least 4 members (excludes halogenated alkanes) is 1. The van der Waals surface area contributed by atoms with E-state index in [-0.39, 0.29) is 44.0 Å². The van der Waals surface area contributed by atoms with Crippen LogP contribution in [0, 0.1) is 0 Å². The van der Waals surface area contributed by atoms with E-state index in [1.165, 1.54) is 0 Å². The van der Waals surface area contributed by atoms with E-state index in [4.69, 9.17) is 18.5 Å². The molecule has 0 radical (unpaired) electrons. The Bertz CT molecular complexity index is 832. The highest BCUT2D eigenvalue weighted by atomic mass is 31.2. The molecule has 0 aliphatic carbocycles. The third-order valence-electron chi connectivity index (χ3n) is 4.27. The van der Waals surface area contributed by atoms with E-state index in [1.54, 1.807) is 46.4 Å². The first kappa shape index (κ1) is 28.1. The number of anilines is 1. The summed E-state index contributed by atoms with van der Waals surface area (Å²) in [4.78, 5) is 37.6. The molecule has 0 saturated carbocycles. The SMILES string of the molecule is CCOc1c(N(CCCCNC(=O)OC(C)(C)C)CCP(=O)(OCC)OCC)c(=O)c1=O. The summed E-state index contributed by atoms with van der Waals surface area (Å²) in [5, 5.41) is 2.68. The number of nitrogens with one attached hydrogen (secondary N) is 1. The molecule has 11 heteroatoms. The molecule has 0 spiro atoms. The Kier molecular flexibility index (Phi) is 11.4. The van der Waals surface area contributed by atoms with Gasteiger partial charge in [0.15, 0.2) is 5.75 Å². The highest BCUT2D eigenvalue weighted by Gasteiger charge is 2.30. The number of alkyl carbamates (subject to hydrolysis) is 1. The van der Waals surface area contributed by atoms with Gasteiger partial charge in [0.2, 0.25) is 0 Å². The summed E-state index contributed by atoms with van der Waals surface area (Å²) in [7, 11) is -3.32. The van der Waals surface area contributed by atoms with Gasteiger partial charge in [-0.3, -0.25) is 14.2 Å². The Morgan fingerprint density at radius 3 is 2.12 bits per heavy atom. The van der Waals surface area contributed by atoms with Gasteiger partial charge in [-0.1, -0.05) is 0 Å². The summed E-state index contributed by atoms with van der Waals surface area (Å²) < 4.78 is 34.0. The minimum absolute atomic E-state index is 0.0343. The predicted octanol–water partition coefficient (Wildman–Crippen LogP) is 3.06. The lowest BCUT2D eigenvalue weighted by Gasteiger charge is -2.28. The molecule has 10 nitrogen and oxygen atoms in total.